The summed E-state index contributed by atoms with van der Waals surface area (Å²) in [6, 6.07) is 8.58. The van der Waals surface area contributed by atoms with Crippen molar-refractivity contribution in [2.24, 2.45) is 0 Å². The van der Waals surface area contributed by atoms with E-state index in [1.54, 1.807) is 17.3 Å². The predicted molar refractivity (Wildman–Crippen MR) is 69.5 cm³/mol. The second-order valence-corrected chi connectivity index (χ2v) is 4.45. The van der Waals surface area contributed by atoms with Gasteiger partial charge in [0.05, 0.1) is 0 Å². The molecule has 0 radical (unpaired) electrons. The van der Waals surface area contributed by atoms with Crippen molar-refractivity contribution in [3.63, 3.8) is 0 Å². The van der Waals surface area contributed by atoms with Crippen LogP contribution >= 0.6 is 23.4 Å². The molecule has 0 atom stereocenters. The van der Waals surface area contributed by atoms with Crippen molar-refractivity contribution in [2.75, 3.05) is 12.3 Å². The van der Waals surface area contributed by atoms with Crippen molar-refractivity contribution in [2.45, 2.75) is 18.4 Å². The Kier molecular flexibility index (Phi) is 6.57. The van der Waals surface area contributed by atoms with Crippen molar-refractivity contribution in [1.29, 1.82) is 0 Å². The van der Waals surface area contributed by atoms with Crippen LogP contribution in [0.15, 0.2) is 40.8 Å². The molecule has 0 aliphatic carbocycles. The first-order valence-corrected chi connectivity index (χ1v) is 6.46. The van der Waals surface area contributed by atoms with Crippen LogP contribution in [0.5, 0.6) is 0 Å². The molecule has 82 valence electrons. The summed E-state index contributed by atoms with van der Waals surface area (Å²) in [7, 11) is 0. The van der Waals surface area contributed by atoms with Gasteiger partial charge in [-0.2, -0.15) is 0 Å². The lowest BCUT2D eigenvalue weighted by Gasteiger charge is -2.04. The first kappa shape index (κ1) is 12.6. The van der Waals surface area contributed by atoms with Gasteiger partial charge in [-0.3, -0.25) is 0 Å². The summed E-state index contributed by atoms with van der Waals surface area (Å²) >= 11 is 7.26. The molecule has 0 aliphatic heterocycles. The molecule has 0 fully saturated rings. The van der Waals surface area contributed by atoms with Crippen LogP contribution in [0.25, 0.3) is 0 Å². The summed E-state index contributed by atoms with van der Waals surface area (Å²) in [5.74, 6) is 0.925. The minimum absolute atomic E-state index is 0.925. The van der Waals surface area contributed by atoms with Crippen LogP contribution in [0.3, 0.4) is 0 Å². The summed E-state index contributed by atoms with van der Waals surface area (Å²) < 4.78 is 0. The predicted octanol–water partition coefficient (Wildman–Crippen LogP) is 3.64. The Morgan fingerprint density at radius 2 is 2.33 bits per heavy atom. The lowest BCUT2D eigenvalue weighted by molar-refractivity contribution is 0.725. The number of nitrogens with one attached hydrogen (secondary N) is 1. The van der Waals surface area contributed by atoms with E-state index in [1.807, 2.05) is 6.08 Å². The number of rotatable bonds is 6. The molecule has 0 spiro atoms. The second-order valence-electron chi connectivity index (χ2n) is 3.10. The van der Waals surface area contributed by atoms with E-state index in [2.05, 4.69) is 36.5 Å². The SMILES string of the molecule is CCNCc1cccc(SCC=CCl)c1. The van der Waals surface area contributed by atoms with E-state index < -0.39 is 0 Å². The van der Waals surface area contributed by atoms with Crippen molar-refractivity contribution >= 4 is 23.4 Å². The van der Waals surface area contributed by atoms with Gasteiger partial charge in [-0.1, -0.05) is 36.7 Å². The lowest BCUT2D eigenvalue weighted by Crippen LogP contribution is -2.11. The highest BCUT2D eigenvalue weighted by atomic mass is 35.5. The Hall–Kier alpha value is -0.440. The van der Waals surface area contributed by atoms with E-state index in [-0.39, 0.29) is 0 Å². The molecule has 0 amide bonds. The minimum atomic E-state index is 0.925. The molecule has 1 rings (SSSR count). The summed E-state index contributed by atoms with van der Waals surface area (Å²) in [6.45, 7) is 4.06. The van der Waals surface area contributed by atoms with Gasteiger partial charge in [0.1, 0.15) is 0 Å². The molecule has 15 heavy (non-hydrogen) atoms. The van der Waals surface area contributed by atoms with Crippen LogP contribution in [0.1, 0.15) is 12.5 Å². The monoisotopic (exact) mass is 241 g/mol. The molecule has 0 unspecified atom stereocenters. The van der Waals surface area contributed by atoms with Crippen molar-refractivity contribution < 1.29 is 0 Å². The zero-order chi connectivity index (χ0) is 10.9. The van der Waals surface area contributed by atoms with Gasteiger partial charge in [0.15, 0.2) is 0 Å². The third-order valence-corrected chi connectivity index (χ3v) is 3.04. The summed E-state index contributed by atoms with van der Waals surface area (Å²) in [6.07, 6.45) is 1.95. The van der Waals surface area contributed by atoms with E-state index in [0.29, 0.717) is 0 Å². The van der Waals surface area contributed by atoms with Crippen LogP contribution in [0.4, 0.5) is 0 Å². The summed E-state index contributed by atoms with van der Waals surface area (Å²) in [5, 5.41) is 3.31. The first-order chi connectivity index (χ1) is 7.36. The largest absolute Gasteiger partial charge is 0.313 e. The van der Waals surface area contributed by atoms with Gasteiger partial charge >= 0.3 is 0 Å². The number of hydrogen-bond acceptors (Lipinski definition) is 2. The Morgan fingerprint density at radius 3 is 3.07 bits per heavy atom. The fourth-order valence-corrected chi connectivity index (χ4v) is 2.18. The molecule has 0 aromatic heterocycles. The third-order valence-electron chi connectivity index (χ3n) is 1.91. The van der Waals surface area contributed by atoms with Crippen molar-refractivity contribution in [3.05, 3.63) is 41.4 Å². The van der Waals surface area contributed by atoms with Crippen LogP contribution in [-0.4, -0.2) is 12.3 Å². The number of benzene rings is 1. The highest BCUT2D eigenvalue weighted by molar-refractivity contribution is 7.99. The number of halogens is 1. The van der Waals surface area contributed by atoms with Gasteiger partial charge in [0.25, 0.3) is 0 Å². The van der Waals surface area contributed by atoms with Crippen LogP contribution < -0.4 is 5.32 Å². The molecule has 0 bridgehead atoms. The maximum atomic E-state index is 5.46. The molecule has 1 N–H and O–H groups in total. The highest BCUT2D eigenvalue weighted by Crippen LogP contribution is 2.19. The number of thioether (sulfide) groups is 1. The fraction of sp³-hybridized carbons (Fsp3) is 0.333. The molecule has 0 aliphatic rings. The van der Waals surface area contributed by atoms with Gasteiger partial charge in [0.2, 0.25) is 0 Å². The van der Waals surface area contributed by atoms with E-state index >= 15 is 0 Å². The Balaban J connectivity index is 2.49. The summed E-state index contributed by atoms with van der Waals surface area (Å²) in [5.41, 5.74) is 2.90. The first-order valence-electron chi connectivity index (χ1n) is 5.04. The minimum Gasteiger partial charge on any atom is -0.313 e. The molecule has 0 saturated heterocycles. The van der Waals surface area contributed by atoms with E-state index in [0.717, 1.165) is 18.8 Å². The molecule has 3 heteroatoms. The quantitative estimate of drug-likeness (QED) is 0.764. The third kappa shape index (κ3) is 5.26. The average Bonchev–Trinajstić information content (AvgIpc) is 2.27. The van der Waals surface area contributed by atoms with Gasteiger partial charge in [-0.15, -0.1) is 11.8 Å². The maximum Gasteiger partial charge on any atom is 0.0205 e. The smallest absolute Gasteiger partial charge is 0.0205 e. The standard InChI is InChI=1S/C12H16ClNS/c1-2-14-10-11-5-3-6-12(9-11)15-8-4-7-13/h3-7,9,14H,2,8,10H2,1H3. The lowest BCUT2D eigenvalue weighted by atomic mass is 10.2. The van der Waals surface area contributed by atoms with Crippen molar-refractivity contribution in [3.8, 4) is 0 Å². The van der Waals surface area contributed by atoms with Gasteiger partial charge in [-0.25, -0.2) is 0 Å². The maximum absolute atomic E-state index is 5.46. The molecule has 1 aromatic rings. The van der Waals surface area contributed by atoms with Crippen LogP contribution in [-0.2, 0) is 6.54 Å². The van der Waals surface area contributed by atoms with E-state index in [9.17, 15) is 0 Å². The molecule has 1 aromatic carbocycles. The van der Waals surface area contributed by atoms with Crippen molar-refractivity contribution in [1.82, 2.24) is 5.32 Å². The van der Waals surface area contributed by atoms with Gasteiger partial charge < -0.3 is 5.32 Å². The zero-order valence-electron chi connectivity index (χ0n) is 8.87. The topological polar surface area (TPSA) is 12.0 Å². The highest BCUT2D eigenvalue weighted by Gasteiger charge is 1.95. The van der Waals surface area contributed by atoms with E-state index in [4.69, 9.17) is 11.6 Å². The molecule has 0 saturated carbocycles. The second kappa shape index (κ2) is 7.80. The zero-order valence-corrected chi connectivity index (χ0v) is 10.4. The summed E-state index contributed by atoms with van der Waals surface area (Å²) in [4.78, 5) is 1.29. The van der Waals surface area contributed by atoms with E-state index in [1.165, 1.54) is 10.5 Å². The normalized spacial score (nSPS) is 11.1. The molecular formula is C12H16ClNS. The van der Waals surface area contributed by atoms with Crippen LogP contribution in [0, 0.1) is 0 Å². The molecule has 1 nitrogen and oxygen atoms in total. The molecule has 0 heterocycles. The molecular weight excluding hydrogens is 226 g/mol. The van der Waals surface area contributed by atoms with Gasteiger partial charge in [0, 0.05) is 22.7 Å². The van der Waals surface area contributed by atoms with Gasteiger partial charge in [-0.05, 0) is 24.2 Å². The number of hydrogen-bond donors (Lipinski definition) is 1. The Morgan fingerprint density at radius 1 is 1.47 bits per heavy atom. The Bertz CT molecular complexity index is 312. The average molecular weight is 242 g/mol. The Labute approximate surface area is 101 Å². The van der Waals surface area contributed by atoms with Crippen LogP contribution in [0.2, 0.25) is 0 Å². The fourth-order valence-electron chi connectivity index (χ4n) is 1.20.